The van der Waals surface area contributed by atoms with E-state index in [1.807, 2.05) is 26.0 Å². The van der Waals surface area contributed by atoms with Gasteiger partial charge in [-0.1, -0.05) is 6.07 Å². The van der Waals surface area contributed by atoms with E-state index in [1.54, 1.807) is 6.07 Å². The van der Waals surface area contributed by atoms with Crippen molar-refractivity contribution in [3.05, 3.63) is 23.8 Å². The van der Waals surface area contributed by atoms with Crippen LogP contribution in [0.5, 0.6) is 5.75 Å². The first kappa shape index (κ1) is 14.7. The third kappa shape index (κ3) is 3.87. The van der Waals surface area contributed by atoms with Gasteiger partial charge in [0.1, 0.15) is 6.61 Å². The first-order valence-corrected chi connectivity index (χ1v) is 7.08. The lowest BCUT2D eigenvalue weighted by Crippen LogP contribution is -2.28. The molecular weight excluding hydrogens is 256 g/mol. The fourth-order valence-corrected chi connectivity index (χ4v) is 2.04. The SMILES string of the molecule is CC(C)OCCCNC(=O)c1cccc2c1OCCN2. The summed E-state index contributed by atoms with van der Waals surface area (Å²) in [5, 5.41) is 6.12. The number of para-hydroxylation sites is 1. The Bertz CT molecular complexity index is 460. The molecule has 0 saturated carbocycles. The van der Waals surface area contributed by atoms with E-state index < -0.39 is 0 Å². The minimum Gasteiger partial charge on any atom is -0.489 e. The monoisotopic (exact) mass is 278 g/mol. The molecule has 0 aromatic heterocycles. The van der Waals surface area contributed by atoms with Crippen LogP contribution >= 0.6 is 0 Å². The highest BCUT2D eigenvalue weighted by Gasteiger charge is 2.18. The molecule has 0 atom stereocenters. The minimum absolute atomic E-state index is 0.102. The van der Waals surface area contributed by atoms with Gasteiger partial charge in [-0.3, -0.25) is 4.79 Å². The zero-order chi connectivity index (χ0) is 14.4. The van der Waals surface area contributed by atoms with Gasteiger partial charge in [-0.05, 0) is 32.4 Å². The molecule has 1 aromatic rings. The normalized spacial score (nSPS) is 13.3. The lowest BCUT2D eigenvalue weighted by atomic mass is 10.1. The third-order valence-corrected chi connectivity index (χ3v) is 2.98. The number of amides is 1. The number of carbonyl (C=O) groups is 1. The molecule has 0 radical (unpaired) electrons. The number of hydrogen-bond acceptors (Lipinski definition) is 4. The van der Waals surface area contributed by atoms with Crippen LogP contribution in [-0.2, 0) is 4.74 Å². The maximum Gasteiger partial charge on any atom is 0.255 e. The summed E-state index contributed by atoms with van der Waals surface area (Å²) in [5.41, 5.74) is 1.46. The van der Waals surface area contributed by atoms with Crippen LogP contribution in [0.1, 0.15) is 30.6 Å². The quantitative estimate of drug-likeness (QED) is 0.782. The van der Waals surface area contributed by atoms with Crippen LogP contribution in [0.4, 0.5) is 5.69 Å². The van der Waals surface area contributed by atoms with Crippen molar-refractivity contribution in [3.8, 4) is 5.75 Å². The molecule has 1 aromatic carbocycles. The maximum absolute atomic E-state index is 12.2. The molecule has 1 amide bonds. The number of anilines is 1. The molecule has 1 heterocycles. The second-order valence-electron chi connectivity index (χ2n) is 4.99. The summed E-state index contributed by atoms with van der Waals surface area (Å²) >= 11 is 0. The Hall–Kier alpha value is -1.75. The zero-order valence-electron chi connectivity index (χ0n) is 12.1. The molecule has 110 valence electrons. The first-order chi connectivity index (χ1) is 9.68. The van der Waals surface area contributed by atoms with Gasteiger partial charge in [-0.25, -0.2) is 0 Å². The molecule has 5 nitrogen and oxygen atoms in total. The van der Waals surface area contributed by atoms with Gasteiger partial charge < -0.3 is 20.1 Å². The van der Waals surface area contributed by atoms with Crippen molar-refractivity contribution in [3.63, 3.8) is 0 Å². The van der Waals surface area contributed by atoms with Gasteiger partial charge in [0.05, 0.1) is 17.4 Å². The number of carbonyl (C=O) groups excluding carboxylic acids is 1. The molecule has 5 heteroatoms. The summed E-state index contributed by atoms with van der Waals surface area (Å²) in [7, 11) is 0. The average molecular weight is 278 g/mol. The van der Waals surface area contributed by atoms with E-state index in [4.69, 9.17) is 9.47 Å². The summed E-state index contributed by atoms with van der Waals surface area (Å²) < 4.78 is 11.0. The van der Waals surface area contributed by atoms with E-state index in [9.17, 15) is 4.79 Å². The minimum atomic E-state index is -0.102. The summed E-state index contributed by atoms with van der Waals surface area (Å²) in [6, 6.07) is 5.56. The predicted molar refractivity (Wildman–Crippen MR) is 78.5 cm³/mol. The Labute approximate surface area is 119 Å². The number of nitrogens with one attached hydrogen (secondary N) is 2. The standard InChI is InChI=1S/C15H22N2O3/c1-11(2)19-9-4-7-17-15(18)12-5-3-6-13-14(12)20-10-8-16-13/h3,5-6,11,16H,4,7-10H2,1-2H3,(H,17,18). The summed E-state index contributed by atoms with van der Waals surface area (Å²) in [6.07, 6.45) is 1.03. The molecule has 2 rings (SSSR count). The number of rotatable bonds is 6. The molecule has 0 fully saturated rings. The van der Waals surface area contributed by atoms with E-state index in [0.717, 1.165) is 18.7 Å². The summed E-state index contributed by atoms with van der Waals surface area (Å²) in [5.74, 6) is 0.546. The zero-order valence-corrected chi connectivity index (χ0v) is 12.1. The van der Waals surface area contributed by atoms with Gasteiger partial charge >= 0.3 is 0 Å². The molecule has 1 aliphatic heterocycles. The molecule has 0 aliphatic carbocycles. The lowest BCUT2D eigenvalue weighted by molar-refractivity contribution is 0.0756. The van der Waals surface area contributed by atoms with Crippen molar-refractivity contribution in [1.29, 1.82) is 0 Å². The number of hydrogen-bond donors (Lipinski definition) is 2. The molecule has 0 saturated heterocycles. The number of ether oxygens (including phenoxy) is 2. The third-order valence-electron chi connectivity index (χ3n) is 2.98. The first-order valence-electron chi connectivity index (χ1n) is 7.08. The van der Waals surface area contributed by atoms with Crippen LogP contribution in [0.25, 0.3) is 0 Å². The fourth-order valence-electron chi connectivity index (χ4n) is 2.04. The predicted octanol–water partition coefficient (Wildman–Crippen LogP) is 2.04. The van der Waals surface area contributed by atoms with Gasteiger partial charge in [-0.15, -0.1) is 0 Å². The van der Waals surface area contributed by atoms with Gasteiger partial charge in [0.15, 0.2) is 5.75 Å². The Morgan fingerprint density at radius 2 is 2.35 bits per heavy atom. The van der Waals surface area contributed by atoms with Crippen LogP contribution in [-0.4, -0.2) is 38.3 Å². The Balaban J connectivity index is 1.86. The van der Waals surface area contributed by atoms with Gasteiger partial charge in [0.2, 0.25) is 0 Å². The van der Waals surface area contributed by atoms with Crippen molar-refractivity contribution in [2.45, 2.75) is 26.4 Å². The van der Waals surface area contributed by atoms with Gasteiger partial charge in [0, 0.05) is 19.7 Å². The summed E-state index contributed by atoms with van der Waals surface area (Å²) in [6.45, 7) is 6.61. The molecular formula is C15H22N2O3. The van der Waals surface area contributed by atoms with Crippen molar-refractivity contribution >= 4 is 11.6 Å². The Kier molecular flexibility index (Phi) is 5.24. The molecule has 1 aliphatic rings. The summed E-state index contributed by atoms with van der Waals surface area (Å²) in [4.78, 5) is 12.2. The second-order valence-corrected chi connectivity index (χ2v) is 4.99. The smallest absolute Gasteiger partial charge is 0.255 e. The van der Waals surface area contributed by atoms with E-state index in [2.05, 4.69) is 10.6 Å². The molecule has 0 spiro atoms. The van der Waals surface area contributed by atoms with Crippen molar-refractivity contribution in [1.82, 2.24) is 5.32 Å². The van der Waals surface area contributed by atoms with Crippen LogP contribution in [0.15, 0.2) is 18.2 Å². The van der Waals surface area contributed by atoms with Crippen molar-refractivity contribution in [2.24, 2.45) is 0 Å². The molecule has 20 heavy (non-hydrogen) atoms. The highest BCUT2D eigenvalue weighted by molar-refractivity contribution is 5.98. The van der Waals surface area contributed by atoms with Gasteiger partial charge in [-0.2, -0.15) is 0 Å². The van der Waals surface area contributed by atoms with E-state index in [0.29, 0.717) is 31.1 Å². The van der Waals surface area contributed by atoms with Crippen LogP contribution < -0.4 is 15.4 Å². The van der Waals surface area contributed by atoms with Crippen molar-refractivity contribution in [2.75, 3.05) is 31.6 Å². The van der Waals surface area contributed by atoms with E-state index in [-0.39, 0.29) is 12.0 Å². The second kappa shape index (κ2) is 7.14. The molecule has 2 N–H and O–H groups in total. The highest BCUT2D eigenvalue weighted by Crippen LogP contribution is 2.30. The van der Waals surface area contributed by atoms with E-state index in [1.165, 1.54) is 0 Å². The number of fused-ring (bicyclic) bond motifs is 1. The van der Waals surface area contributed by atoms with E-state index >= 15 is 0 Å². The number of benzene rings is 1. The molecule has 0 bridgehead atoms. The van der Waals surface area contributed by atoms with Crippen LogP contribution in [0.3, 0.4) is 0 Å². The Morgan fingerprint density at radius 1 is 1.50 bits per heavy atom. The maximum atomic E-state index is 12.2. The van der Waals surface area contributed by atoms with Crippen molar-refractivity contribution < 1.29 is 14.3 Å². The molecule has 0 unspecified atom stereocenters. The highest BCUT2D eigenvalue weighted by atomic mass is 16.5. The largest absolute Gasteiger partial charge is 0.489 e. The van der Waals surface area contributed by atoms with Crippen LogP contribution in [0.2, 0.25) is 0 Å². The lowest BCUT2D eigenvalue weighted by Gasteiger charge is -2.21. The topological polar surface area (TPSA) is 59.6 Å². The fraction of sp³-hybridized carbons (Fsp3) is 0.533. The van der Waals surface area contributed by atoms with Crippen LogP contribution in [0, 0.1) is 0 Å². The average Bonchev–Trinajstić information content (AvgIpc) is 2.45. The van der Waals surface area contributed by atoms with Gasteiger partial charge in [0.25, 0.3) is 5.91 Å². The Morgan fingerprint density at radius 3 is 3.15 bits per heavy atom.